The maximum atomic E-state index is 12.4. The van der Waals surface area contributed by atoms with Crippen LogP contribution in [0.25, 0.3) is 0 Å². The van der Waals surface area contributed by atoms with Crippen LogP contribution >= 0.6 is 15.9 Å². The smallest absolute Gasteiger partial charge is 0.254 e. The van der Waals surface area contributed by atoms with Crippen molar-refractivity contribution in [2.45, 2.75) is 31.3 Å². The number of rotatable bonds is 2. The molecule has 2 rings (SSSR count). The molecule has 1 aromatic carbocycles. The lowest BCUT2D eigenvalue weighted by molar-refractivity contribution is -0.0387. The van der Waals surface area contributed by atoms with Crippen molar-refractivity contribution < 1.29 is 9.53 Å². The van der Waals surface area contributed by atoms with Crippen molar-refractivity contribution in [3.05, 3.63) is 35.4 Å². The standard InChI is InChI=1S/C14H18BrNO2/c1-10-9-18-11(2)8-16(10)14(17)13-5-3-12(7-15)4-6-13/h3-6,10-11H,7-9H2,1-2H3. The van der Waals surface area contributed by atoms with Gasteiger partial charge in [-0.25, -0.2) is 0 Å². The molecule has 4 heteroatoms. The van der Waals surface area contributed by atoms with Crippen molar-refractivity contribution in [1.82, 2.24) is 4.90 Å². The maximum Gasteiger partial charge on any atom is 0.254 e. The second-order valence-electron chi connectivity index (χ2n) is 4.78. The highest BCUT2D eigenvalue weighted by Gasteiger charge is 2.28. The molecular weight excluding hydrogens is 294 g/mol. The van der Waals surface area contributed by atoms with Gasteiger partial charge in [0.2, 0.25) is 0 Å². The Morgan fingerprint density at radius 1 is 1.39 bits per heavy atom. The topological polar surface area (TPSA) is 29.5 Å². The largest absolute Gasteiger partial charge is 0.375 e. The van der Waals surface area contributed by atoms with E-state index in [2.05, 4.69) is 15.9 Å². The van der Waals surface area contributed by atoms with Crippen LogP contribution in [0.15, 0.2) is 24.3 Å². The molecule has 0 saturated carbocycles. The van der Waals surface area contributed by atoms with Gasteiger partial charge in [-0.3, -0.25) is 4.79 Å². The summed E-state index contributed by atoms with van der Waals surface area (Å²) >= 11 is 3.40. The summed E-state index contributed by atoms with van der Waals surface area (Å²) in [4.78, 5) is 14.3. The zero-order valence-electron chi connectivity index (χ0n) is 10.7. The molecule has 1 fully saturated rings. The Morgan fingerprint density at radius 3 is 2.67 bits per heavy atom. The summed E-state index contributed by atoms with van der Waals surface area (Å²) in [5.41, 5.74) is 1.93. The van der Waals surface area contributed by atoms with Gasteiger partial charge in [0.05, 0.1) is 18.8 Å². The molecule has 0 N–H and O–H groups in total. The Bertz CT molecular complexity index is 418. The van der Waals surface area contributed by atoms with E-state index in [1.807, 2.05) is 43.0 Å². The SMILES string of the molecule is CC1CN(C(=O)c2ccc(CBr)cc2)C(C)CO1. The van der Waals surface area contributed by atoms with E-state index >= 15 is 0 Å². The van der Waals surface area contributed by atoms with Crippen molar-refractivity contribution in [1.29, 1.82) is 0 Å². The fraction of sp³-hybridized carbons (Fsp3) is 0.500. The average molecular weight is 312 g/mol. The molecule has 0 bridgehead atoms. The molecule has 3 nitrogen and oxygen atoms in total. The second-order valence-corrected chi connectivity index (χ2v) is 5.34. The third-order valence-electron chi connectivity index (χ3n) is 3.22. The normalized spacial score (nSPS) is 24.1. The molecule has 2 unspecified atom stereocenters. The summed E-state index contributed by atoms with van der Waals surface area (Å²) in [5, 5.41) is 0.812. The van der Waals surface area contributed by atoms with E-state index in [-0.39, 0.29) is 18.1 Å². The highest BCUT2D eigenvalue weighted by atomic mass is 79.9. The number of ether oxygens (including phenoxy) is 1. The summed E-state index contributed by atoms with van der Waals surface area (Å²) in [6.45, 7) is 5.31. The van der Waals surface area contributed by atoms with Crippen LogP contribution in [-0.2, 0) is 10.1 Å². The van der Waals surface area contributed by atoms with Gasteiger partial charge in [0.1, 0.15) is 0 Å². The fourth-order valence-corrected chi connectivity index (χ4v) is 2.46. The number of hydrogen-bond acceptors (Lipinski definition) is 2. The first-order chi connectivity index (χ1) is 8.61. The number of nitrogens with zero attached hydrogens (tertiary/aromatic N) is 1. The number of hydrogen-bond donors (Lipinski definition) is 0. The summed E-state index contributed by atoms with van der Waals surface area (Å²) in [6.07, 6.45) is 0.118. The third-order valence-corrected chi connectivity index (χ3v) is 3.87. The van der Waals surface area contributed by atoms with Crippen LogP contribution in [0.1, 0.15) is 29.8 Å². The molecule has 1 aliphatic rings. The molecule has 1 heterocycles. The summed E-state index contributed by atoms with van der Waals surface area (Å²) in [6, 6.07) is 7.90. The van der Waals surface area contributed by atoms with Crippen LogP contribution in [0.2, 0.25) is 0 Å². The molecule has 18 heavy (non-hydrogen) atoms. The zero-order valence-corrected chi connectivity index (χ0v) is 12.3. The highest BCUT2D eigenvalue weighted by Crippen LogP contribution is 2.16. The van der Waals surface area contributed by atoms with E-state index in [1.165, 1.54) is 5.56 Å². The van der Waals surface area contributed by atoms with Crippen LogP contribution < -0.4 is 0 Å². The lowest BCUT2D eigenvalue weighted by Gasteiger charge is -2.36. The monoisotopic (exact) mass is 311 g/mol. The Hall–Kier alpha value is -0.870. The molecule has 0 spiro atoms. The lowest BCUT2D eigenvalue weighted by Crippen LogP contribution is -2.50. The van der Waals surface area contributed by atoms with Crippen molar-refractivity contribution in [2.24, 2.45) is 0 Å². The number of amides is 1. The Morgan fingerprint density at radius 2 is 2.06 bits per heavy atom. The average Bonchev–Trinajstić information content (AvgIpc) is 2.41. The van der Waals surface area contributed by atoms with E-state index in [1.54, 1.807) is 0 Å². The minimum atomic E-state index is 0.0961. The number of alkyl halides is 1. The number of morpholine rings is 1. The predicted octanol–water partition coefficient (Wildman–Crippen LogP) is 2.83. The molecule has 1 saturated heterocycles. The Kier molecular flexibility index (Phi) is 4.40. The molecule has 1 aliphatic heterocycles. The third kappa shape index (κ3) is 2.93. The molecule has 2 atom stereocenters. The van der Waals surface area contributed by atoms with E-state index < -0.39 is 0 Å². The summed E-state index contributed by atoms with van der Waals surface area (Å²) < 4.78 is 5.54. The molecule has 98 valence electrons. The zero-order chi connectivity index (χ0) is 13.1. The van der Waals surface area contributed by atoms with Gasteiger partial charge in [0.15, 0.2) is 0 Å². The fourth-order valence-electron chi connectivity index (χ4n) is 2.09. The highest BCUT2D eigenvalue weighted by molar-refractivity contribution is 9.08. The van der Waals surface area contributed by atoms with E-state index in [9.17, 15) is 4.79 Å². The molecule has 1 amide bonds. The van der Waals surface area contributed by atoms with Crippen LogP contribution in [0.4, 0.5) is 0 Å². The van der Waals surface area contributed by atoms with Gasteiger partial charge in [-0.05, 0) is 31.5 Å². The van der Waals surface area contributed by atoms with E-state index in [4.69, 9.17) is 4.74 Å². The minimum absolute atomic E-state index is 0.0961. The molecular formula is C14H18BrNO2. The van der Waals surface area contributed by atoms with Gasteiger partial charge in [-0.1, -0.05) is 28.1 Å². The number of benzene rings is 1. The van der Waals surface area contributed by atoms with Gasteiger partial charge < -0.3 is 9.64 Å². The van der Waals surface area contributed by atoms with Crippen molar-refractivity contribution in [3.8, 4) is 0 Å². The first-order valence-corrected chi connectivity index (χ1v) is 7.31. The quantitative estimate of drug-likeness (QED) is 0.786. The van der Waals surface area contributed by atoms with Crippen molar-refractivity contribution >= 4 is 21.8 Å². The van der Waals surface area contributed by atoms with Crippen molar-refractivity contribution in [2.75, 3.05) is 13.2 Å². The maximum absolute atomic E-state index is 12.4. The van der Waals surface area contributed by atoms with Crippen LogP contribution in [0.3, 0.4) is 0 Å². The molecule has 0 aromatic heterocycles. The summed E-state index contributed by atoms with van der Waals surface area (Å²) in [7, 11) is 0. The van der Waals surface area contributed by atoms with Gasteiger partial charge >= 0.3 is 0 Å². The van der Waals surface area contributed by atoms with Gasteiger partial charge in [-0.2, -0.15) is 0 Å². The minimum Gasteiger partial charge on any atom is -0.375 e. The predicted molar refractivity (Wildman–Crippen MR) is 75.0 cm³/mol. The van der Waals surface area contributed by atoms with Crippen molar-refractivity contribution in [3.63, 3.8) is 0 Å². The van der Waals surface area contributed by atoms with Crippen LogP contribution in [0.5, 0.6) is 0 Å². The van der Waals surface area contributed by atoms with Gasteiger partial charge in [0, 0.05) is 17.4 Å². The number of carbonyl (C=O) groups is 1. The lowest BCUT2D eigenvalue weighted by atomic mass is 10.1. The number of carbonyl (C=O) groups excluding carboxylic acids is 1. The molecule has 0 radical (unpaired) electrons. The van der Waals surface area contributed by atoms with E-state index in [0.717, 1.165) is 10.9 Å². The molecule has 0 aliphatic carbocycles. The number of halogens is 1. The van der Waals surface area contributed by atoms with Crippen LogP contribution in [-0.4, -0.2) is 36.1 Å². The first kappa shape index (κ1) is 13.6. The summed E-state index contributed by atoms with van der Waals surface area (Å²) in [5.74, 6) is 0.0961. The first-order valence-electron chi connectivity index (χ1n) is 6.19. The van der Waals surface area contributed by atoms with Crippen LogP contribution in [0, 0.1) is 0 Å². The Labute approximate surface area is 116 Å². The van der Waals surface area contributed by atoms with Gasteiger partial charge in [-0.15, -0.1) is 0 Å². The molecule has 1 aromatic rings. The van der Waals surface area contributed by atoms with E-state index in [0.29, 0.717) is 13.2 Å². The second kappa shape index (κ2) is 5.85. The van der Waals surface area contributed by atoms with Gasteiger partial charge in [0.25, 0.3) is 5.91 Å². The Balaban J connectivity index is 2.13.